The Balaban J connectivity index is 2.09. The molecule has 0 saturated carbocycles. The minimum atomic E-state index is 0.713. The van der Waals surface area contributed by atoms with Gasteiger partial charge in [-0.1, -0.05) is 5.16 Å². The molecule has 0 spiro atoms. The first-order valence-corrected chi connectivity index (χ1v) is 4.61. The number of oxime groups is 1. The molecule has 0 atom stereocenters. The van der Waals surface area contributed by atoms with Gasteiger partial charge in [-0.2, -0.15) is 0 Å². The van der Waals surface area contributed by atoms with Crippen LogP contribution in [0.2, 0.25) is 0 Å². The predicted molar refractivity (Wildman–Crippen MR) is 50.3 cm³/mol. The maximum Gasteiger partial charge on any atom is 0.120 e. The molecule has 0 N–H and O–H groups in total. The highest BCUT2D eigenvalue weighted by Gasteiger charge is 2.16. The lowest BCUT2D eigenvalue weighted by molar-refractivity contribution is 0.0781. The van der Waals surface area contributed by atoms with E-state index in [0.717, 1.165) is 6.61 Å². The summed E-state index contributed by atoms with van der Waals surface area (Å²) in [4.78, 5) is 7.47. The maximum absolute atomic E-state index is 5.11. The van der Waals surface area contributed by atoms with Gasteiger partial charge in [0.1, 0.15) is 6.61 Å². The van der Waals surface area contributed by atoms with Crippen molar-refractivity contribution in [3.05, 3.63) is 0 Å². The van der Waals surface area contributed by atoms with Crippen LogP contribution in [0, 0.1) is 5.92 Å². The molecule has 0 bridgehead atoms. The van der Waals surface area contributed by atoms with Crippen LogP contribution in [0.5, 0.6) is 0 Å². The van der Waals surface area contributed by atoms with Crippen LogP contribution in [0.15, 0.2) is 5.16 Å². The van der Waals surface area contributed by atoms with Crippen molar-refractivity contribution >= 4 is 6.21 Å². The third-order valence-electron chi connectivity index (χ3n) is 2.33. The van der Waals surface area contributed by atoms with Gasteiger partial charge in [-0.3, -0.25) is 0 Å². The number of rotatable bonds is 3. The second-order valence-electron chi connectivity index (χ2n) is 3.41. The van der Waals surface area contributed by atoms with Gasteiger partial charge >= 0.3 is 0 Å². The van der Waals surface area contributed by atoms with E-state index in [1.54, 1.807) is 6.21 Å². The molecular formula is C9H18N2O. The van der Waals surface area contributed by atoms with Crippen LogP contribution in [0.4, 0.5) is 0 Å². The SMILES string of the molecule is C/C=N\OCC1CCN(C)CC1. The van der Waals surface area contributed by atoms with E-state index in [1.807, 2.05) is 6.92 Å². The van der Waals surface area contributed by atoms with Gasteiger partial charge in [0.05, 0.1) is 0 Å². The first-order valence-electron chi connectivity index (χ1n) is 4.61. The largest absolute Gasteiger partial charge is 0.396 e. The van der Waals surface area contributed by atoms with E-state index in [-0.39, 0.29) is 0 Å². The molecule has 1 aliphatic heterocycles. The number of piperidine rings is 1. The van der Waals surface area contributed by atoms with Crippen LogP contribution < -0.4 is 0 Å². The number of hydrogen-bond donors (Lipinski definition) is 0. The maximum atomic E-state index is 5.11. The van der Waals surface area contributed by atoms with Crippen molar-refractivity contribution in [2.75, 3.05) is 26.7 Å². The summed E-state index contributed by atoms with van der Waals surface area (Å²) in [7, 11) is 2.17. The van der Waals surface area contributed by atoms with Gasteiger partial charge in [-0.15, -0.1) is 0 Å². The molecule has 1 fully saturated rings. The highest BCUT2D eigenvalue weighted by Crippen LogP contribution is 2.15. The molecular weight excluding hydrogens is 152 g/mol. The van der Waals surface area contributed by atoms with Gasteiger partial charge in [0.2, 0.25) is 0 Å². The third-order valence-corrected chi connectivity index (χ3v) is 2.33. The van der Waals surface area contributed by atoms with Gasteiger partial charge < -0.3 is 9.74 Å². The molecule has 0 aromatic rings. The van der Waals surface area contributed by atoms with Gasteiger partial charge in [0, 0.05) is 6.21 Å². The van der Waals surface area contributed by atoms with E-state index in [4.69, 9.17) is 4.84 Å². The van der Waals surface area contributed by atoms with Crippen molar-refractivity contribution < 1.29 is 4.84 Å². The van der Waals surface area contributed by atoms with E-state index in [1.165, 1.54) is 25.9 Å². The van der Waals surface area contributed by atoms with Gasteiger partial charge in [0.25, 0.3) is 0 Å². The van der Waals surface area contributed by atoms with Gasteiger partial charge in [0.15, 0.2) is 0 Å². The zero-order chi connectivity index (χ0) is 8.81. The number of nitrogens with zero attached hydrogens (tertiary/aromatic N) is 2. The Bertz CT molecular complexity index is 139. The van der Waals surface area contributed by atoms with Crippen molar-refractivity contribution in [3.63, 3.8) is 0 Å². The van der Waals surface area contributed by atoms with Crippen molar-refractivity contribution in [2.45, 2.75) is 19.8 Å². The summed E-state index contributed by atoms with van der Waals surface area (Å²) in [6, 6.07) is 0. The molecule has 0 aromatic carbocycles. The second-order valence-corrected chi connectivity index (χ2v) is 3.41. The third kappa shape index (κ3) is 3.22. The molecule has 0 aromatic heterocycles. The average Bonchev–Trinajstić information content (AvgIpc) is 2.09. The summed E-state index contributed by atoms with van der Waals surface area (Å²) in [5.74, 6) is 0.713. The van der Waals surface area contributed by atoms with Crippen LogP contribution in [0.25, 0.3) is 0 Å². The molecule has 0 aliphatic carbocycles. The second kappa shape index (κ2) is 5.14. The summed E-state index contributed by atoms with van der Waals surface area (Å²) in [5, 5.41) is 3.75. The molecule has 1 heterocycles. The van der Waals surface area contributed by atoms with E-state index in [9.17, 15) is 0 Å². The predicted octanol–water partition coefficient (Wildman–Crippen LogP) is 1.35. The molecule has 0 amide bonds. The summed E-state index contributed by atoms with van der Waals surface area (Å²) >= 11 is 0. The summed E-state index contributed by atoms with van der Waals surface area (Å²) in [6.07, 6.45) is 4.18. The Hall–Kier alpha value is -0.570. The normalized spacial score (nSPS) is 21.8. The topological polar surface area (TPSA) is 24.8 Å². The quantitative estimate of drug-likeness (QED) is 0.472. The van der Waals surface area contributed by atoms with E-state index < -0.39 is 0 Å². The first kappa shape index (κ1) is 9.52. The Morgan fingerprint density at radius 3 is 2.75 bits per heavy atom. The average molecular weight is 170 g/mol. The smallest absolute Gasteiger partial charge is 0.120 e. The van der Waals surface area contributed by atoms with Crippen LogP contribution in [0.1, 0.15) is 19.8 Å². The highest BCUT2D eigenvalue weighted by molar-refractivity contribution is 5.52. The zero-order valence-corrected chi connectivity index (χ0v) is 7.99. The van der Waals surface area contributed by atoms with Crippen LogP contribution in [0.3, 0.4) is 0 Å². The molecule has 0 unspecified atom stereocenters. The number of likely N-dealkylation sites (tertiary alicyclic amines) is 1. The monoisotopic (exact) mass is 170 g/mol. The Morgan fingerprint density at radius 2 is 2.17 bits per heavy atom. The lowest BCUT2D eigenvalue weighted by Crippen LogP contribution is -2.31. The molecule has 0 radical (unpaired) electrons. The zero-order valence-electron chi connectivity index (χ0n) is 7.99. The summed E-state index contributed by atoms with van der Waals surface area (Å²) < 4.78 is 0. The molecule has 1 aliphatic rings. The van der Waals surface area contributed by atoms with Crippen molar-refractivity contribution in [2.24, 2.45) is 11.1 Å². The van der Waals surface area contributed by atoms with Crippen molar-refractivity contribution in [1.29, 1.82) is 0 Å². The standard InChI is InChI=1S/C9H18N2O/c1-3-10-12-8-9-4-6-11(2)7-5-9/h3,9H,4-8H2,1-2H3/b10-3-. The Labute approximate surface area is 74.4 Å². The molecule has 3 nitrogen and oxygen atoms in total. The molecule has 70 valence electrons. The van der Waals surface area contributed by atoms with E-state index in [0.29, 0.717) is 5.92 Å². The molecule has 3 heteroatoms. The van der Waals surface area contributed by atoms with E-state index in [2.05, 4.69) is 17.1 Å². The summed E-state index contributed by atoms with van der Waals surface area (Å²) in [6.45, 7) is 5.06. The molecule has 1 rings (SSSR count). The van der Waals surface area contributed by atoms with Crippen LogP contribution in [-0.2, 0) is 4.84 Å². The Morgan fingerprint density at radius 1 is 1.50 bits per heavy atom. The lowest BCUT2D eigenvalue weighted by atomic mass is 9.98. The van der Waals surface area contributed by atoms with Crippen LogP contribution in [-0.4, -0.2) is 37.9 Å². The summed E-state index contributed by atoms with van der Waals surface area (Å²) in [5.41, 5.74) is 0. The fourth-order valence-electron chi connectivity index (χ4n) is 1.45. The first-order chi connectivity index (χ1) is 5.83. The van der Waals surface area contributed by atoms with Crippen LogP contribution >= 0.6 is 0 Å². The minimum Gasteiger partial charge on any atom is -0.396 e. The molecule has 1 saturated heterocycles. The van der Waals surface area contributed by atoms with Gasteiger partial charge in [-0.05, 0) is 45.8 Å². The fraction of sp³-hybridized carbons (Fsp3) is 0.889. The van der Waals surface area contributed by atoms with Crippen molar-refractivity contribution in [3.8, 4) is 0 Å². The Kier molecular flexibility index (Phi) is 4.08. The lowest BCUT2D eigenvalue weighted by Gasteiger charge is -2.27. The van der Waals surface area contributed by atoms with E-state index >= 15 is 0 Å². The van der Waals surface area contributed by atoms with Gasteiger partial charge in [-0.25, -0.2) is 0 Å². The number of hydrogen-bond acceptors (Lipinski definition) is 3. The highest BCUT2D eigenvalue weighted by atomic mass is 16.6. The minimum absolute atomic E-state index is 0.713. The van der Waals surface area contributed by atoms with Crippen molar-refractivity contribution in [1.82, 2.24) is 4.90 Å². The fourth-order valence-corrected chi connectivity index (χ4v) is 1.45. The molecule has 12 heavy (non-hydrogen) atoms.